The molecular weight excluding hydrogens is 558 g/mol. The second kappa shape index (κ2) is 12.4. The fourth-order valence-corrected chi connectivity index (χ4v) is 9.29. The van der Waals surface area contributed by atoms with Crippen molar-refractivity contribution in [3.8, 4) is 0 Å². The van der Waals surface area contributed by atoms with Crippen LogP contribution in [-0.2, 0) is 14.4 Å². The van der Waals surface area contributed by atoms with Crippen molar-refractivity contribution >= 4 is 52.5 Å². The molecule has 1 spiro atoms. The van der Waals surface area contributed by atoms with Crippen LogP contribution in [0.4, 0.5) is 11.4 Å². The highest BCUT2D eigenvalue weighted by atomic mass is 35.5. The Morgan fingerprint density at radius 2 is 1.71 bits per heavy atom. The molecule has 1 N–H and O–H groups in total. The second-order valence-electron chi connectivity index (χ2n) is 10.8. The van der Waals surface area contributed by atoms with Crippen molar-refractivity contribution in [2.45, 2.75) is 41.7 Å². The number of anilines is 2. The van der Waals surface area contributed by atoms with Crippen molar-refractivity contribution < 1.29 is 19.5 Å². The summed E-state index contributed by atoms with van der Waals surface area (Å²) in [5, 5.41) is 9.83. The zero-order valence-electron chi connectivity index (χ0n) is 23.0. The Balaban J connectivity index is 1.55. The first kappa shape index (κ1) is 29.4. The molecule has 0 aliphatic carbocycles. The van der Waals surface area contributed by atoms with Gasteiger partial charge in [-0.3, -0.25) is 14.4 Å². The van der Waals surface area contributed by atoms with Gasteiger partial charge in [0.2, 0.25) is 11.8 Å². The smallest absolute Gasteiger partial charge is 0.251 e. The van der Waals surface area contributed by atoms with E-state index in [1.807, 2.05) is 42.5 Å². The van der Waals surface area contributed by atoms with Crippen LogP contribution in [0.15, 0.2) is 79.9 Å². The Bertz CT molecular complexity index is 1320. The molecule has 3 saturated heterocycles. The minimum atomic E-state index is -0.757. The summed E-state index contributed by atoms with van der Waals surface area (Å²) < 4.78 is -0.727. The van der Waals surface area contributed by atoms with Crippen LogP contribution in [0.1, 0.15) is 25.7 Å². The fraction of sp³-hybridized carbons (Fsp3) is 0.406. The van der Waals surface area contributed by atoms with Gasteiger partial charge < -0.3 is 19.8 Å². The van der Waals surface area contributed by atoms with E-state index >= 15 is 0 Å². The molecule has 2 unspecified atom stereocenters. The van der Waals surface area contributed by atoms with Crippen LogP contribution in [-0.4, -0.2) is 70.0 Å². The number of likely N-dealkylation sites (tertiary alicyclic amines) is 1. The van der Waals surface area contributed by atoms with Crippen molar-refractivity contribution in [3.63, 3.8) is 0 Å². The molecule has 41 heavy (non-hydrogen) atoms. The molecule has 0 aromatic heterocycles. The van der Waals surface area contributed by atoms with Gasteiger partial charge in [-0.05, 0) is 49.9 Å². The molecule has 7 nitrogen and oxygen atoms in total. The lowest BCUT2D eigenvalue weighted by molar-refractivity contribution is -0.139. The van der Waals surface area contributed by atoms with Crippen LogP contribution in [0.3, 0.4) is 0 Å². The number of thioether (sulfide) groups is 1. The van der Waals surface area contributed by atoms with Crippen molar-refractivity contribution in [3.05, 3.63) is 84.9 Å². The minimum absolute atomic E-state index is 0.00293. The quantitative estimate of drug-likeness (QED) is 0.278. The maximum atomic E-state index is 14.6. The molecule has 5 atom stereocenters. The number of para-hydroxylation sites is 2. The van der Waals surface area contributed by atoms with Gasteiger partial charge in [-0.15, -0.1) is 24.9 Å². The molecule has 216 valence electrons. The first-order valence-corrected chi connectivity index (χ1v) is 15.4. The van der Waals surface area contributed by atoms with E-state index in [1.165, 1.54) is 0 Å². The van der Waals surface area contributed by atoms with Gasteiger partial charge in [0.25, 0.3) is 5.91 Å². The van der Waals surface area contributed by atoms with Gasteiger partial charge in [-0.1, -0.05) is 54.1 Å². The average Bonchev–Trinajstić information content (AvgIpc) is 3.62. The Hall–Kier alpha value is -3.07. The lowest BCUT2D eigenvalue weighted by Gasteiger charge is -2.37. The summed E-state index contributed by atoms with van der Waals surface area (Å²) in [7, 11) is 0. The van der Waals surface area contributed by atoms with Crippen LogP contribution in [0, 0.1) is 11.8 Å². The van der Waals surface area contributed by atoms with Crippen molar-refractivity contribution in [1.29, 1.82) is 0 Å². The van der Waals surface area contributed by atoms with E-state index in [1.54, 1.807) is 50.7 Å². The summed E-state index contributed by atoms with van der Waals surface area (Å²) in [4.78, 5) is 48.2. The predicted molar refractivity (Wildman–Crippen MR) is 165 cm³/mol. The van der Waals surface area contributed by atoms with Crippen LogP contribution >= 0.6 is 23.4 Å². The standard InChI is InChI=1S/C32H36ClN3O4S/c1-3-18-34(22-12-6-5-7-13-22)29(38)26-25-16-17-32(41-25)27(26)30(39)36(20-10-11-21-37)28(32)31(40)35(19-4-2)24-15-9-8-14-23(24)33/h3-9,12-15,25-28,37H,1-2,10-11,16-21H2/t25-,26+,27+,28?,32?/m1/s1. The first-order chi connectivity index (χ1) is 19.9. The number of hydrogen-bond donors (Lipinski definition) is 1. The fourth-order valence-electron chi connectivity index (χ4n) is 6.84. The van der Waals surface area contributed by atoms with E-state index in [2.05, 4.69) is 13.2 Å². The van der Waals surface area contributed by atoms with Crippen LogP contribution in [0.5, 0.6) is 0 Å². The van der Waals surface area contributed by atoms with Gasteiger partial charge >= 0.3 is 0 Å². The van der Waals surface area contributed by atoms with Gasteiger partial charge in [-0.25, -0.2) is 0 Å². The number of halogens is 1. The number of unbranched alkanes of at least 4 members (excludes halogenated alkanes) is 1. The number of aliphatic hydroxyl groups is 1. The van der Waals surface area contributed by atoms with Crippen LogP contribution in [0.2, 0.25) is 5.02 Å². The minimum Gasteiger partial charge on any atom is -0.396 e. The highest BCUT2D eigenvalue weighted by Gasteiger charge is 2.74. The topological polar surface area (TPSA) is 81.2 Å². The molecule has 2 aromatic rings. The van der Waals surface area contributed by atoms with Gasteiger partial charge in [0.05, 0.1) is 27.3 Å². The SMILES string of the molecule is C=CCN(C(=O)[C@@H]1[C@H]2C(=O)N(CCCCO)C(C(=O)N(CC=C)c3ccccc3Cl)C23CC[C@H]1S3)c1ccccc1. The van der Waals surface area contributed by atoms with E-state index in [9.17, 15) is 19.5 Å². The zero-order valence-corrected chi connectivity index (χ0v) is 24.6. The van der Waals surface area contributed by atoms with Gasteiger partial charge in [-0.2, -0.15) is 0 Å². The van der Waals surface area contributed by atoms with Gasteiger partial charge in [0, 0.05) is 37.2 Å². The largest absolute Gasteiger partial charge is 0.396 e. The maximum Gasteiger partial charge on any atom is 0.251 e. The number of carbonyl (C=O) groups is 3. The molecule has 0 saturated carbocycles. The predicted octanol–water partition coefficient (Wildman–Crippen LogP) is 4.94. The van der Waals surface area contributed by atoms with E-state index in [0.717, 1.165) is 12.1 Å². The number of fused-ring (bicyclic) bond motifs is 1. The number of hydrogen-bond acceptors (Lipinski definition) is 5. The number of carbonyl (C=O) groups excluding carboxylic acids is 3. The molecule has 2 bridgehead atoms. The first-order valence-electron chi connectivity index (χ1n) is 14.1. The highest BCUT2D eigenvalue weighted by molar-refractivity contribution is 8.02. The number of rotatable bonds is 12. The van der Waals surface area contributed by atoms with Crippen molar-refractivity contribution in [2.75, 3.05) is 36.0 Å². The van der Waals surface area contributed by atoms with E-state index in [4.69, 9.17) is 11.6 Å². The third kappa shape index (κ3) is 5.11. The third-order valence-electron chi connectivity index (χ3n) is 8.49. The van der Waals surface area contributed by atoms with Crippen molar-refractivity contribution in [2.24, 2.45) is 11.8 Å². The Labute approximate surface area is 250 Å². The molecular formula is C32H36ClN3O4S. The molecule has 3 heterocycles. The Morgan fingerprint density at radius 1 is 1.02 bits per heavy atom. The van der Waals surface area contributed by atoms with Crippen LogP contribution < -0.4 is 9.80 Å². The molecule has 0 radical (unpaired) electrons. The molecule has 3 aliphatic heterocycles. The monoisotopic (exact) mass is 593 g/mol. The molecule has 3 aliphatic rings. The summed E-state index contributed by atoms with van der Waals surface area (Å²) in [6.45, 7) is 8.62. The van der Waals surface area contributed by atoms with Crippen molar-refractivity contribution in [1.82, 2.24) is 4.90 Å². The summed E-state index contributed by atoms with van der Waals surface area (Å²) in [5.74, 6) is -1.64. The summed E-state index contributed by atoms with van der Waals surface area (Å²) in [6, 6.07) is 15.9. The molecule has 3 amide bonds. The molecule has 9 heteroatoms. The summed E-state index contributed by atoms with van der Waals surface area (Å²) >= 11 is 8.19. The molecule has 5 rings (SSSR count). The zero-order chi connectivity index (χ0) is 29.1. The van der Waals surface area contributed by atoms with Crippen LogP contribution in [0.25, 0.3) is 0 Å². The summed E-state index contributed by atoms with van der Waals surface area (Å²) in [5.41, 5.74) is 1.32. The molecule has 3 fully saturated rings. The number of aliphatic hydroxyl groups excluding tert-OH is 1. The third-order valence-corrected chi connectivity index (χ3v) is 10.8. The summed E-state index contributed by atoms with van der Waals surface area (Å²) in [6.07, 6.45) is 5.85. The maximum absolute atomic E-state index is 14.6. The number of nitrogens with zero attached hydrogens (tertiary/aromatic N) is 3. The normalized spacial score (nSPS) is 26.1. The Morgan fingerprint density at radius 3 is 2.39 bits per heavy atom. The number of benzene rings is 2. The second-order valence-corrected chi connectivity index (χ2v) is 12.8. The van der Waals surface area contributed by atoms with Gasteiger partial charge in [0.1, 0.15) is 6.04 Å². The number of amides is 3. The Kier molecular flexibility index (Phi) is 8.92. The van der Waals surface area contributed by atoms with E-state index in [-0.39, 0.29) is 36.1 Å². The van der Waals surface area contributed by atoms with E-state index < -0.39 is 22.6 Å². The average molecular weight is 594 g/mol. The lowest BCUT2D eigenvalue weighted by atomic mass is 9.70. The van der Waals surface area contributed by atoms with Gasteiger partial charge in [0.15, 0.2) is 0 Å². The molecule has 2 aromatic carbocycles. The van der Waals surface area contributed by atoms with E-state index in [0.29, 0.717) is 43.1 Å². The highest BCUT2D eigenvalue weighted by Crippen LogP contribution is 2.67. The lowest BCUT2D eigenvalue weighted by Crippen LogP contribution is -2.55.